The first kappa shape index (κ1) is 21.6. The molecule has 0 spiro atoms. The van der Waals surface area contributed by atoms with E-state index < -0.39 is 0 Å². The number of rotatable bonds is 4. The molecule has 1 fully saturated rings. The quantitative estimate of drug-likeness (QED) is 0.449. The van der Waals surface area contributed by atoms with Crippen LogP contribution in [0.1, 0.15) is 21.6 Å². The van der Waals surface area contributed by atoms with Crippen molar-refractivity contribution in [1.82, 2.24) is 24.6 Å². The van der Waals surface area contributed by atoms with Crippen molar-refractivity contribution in [3.63, 3.8) is 0 Å². The first-order chi connectivity index (χ1) is 16.0. The van der Waals surface area contributed by atoms with Crippen LogP contribution >= 0.6 is 11.6 Å². The highest BCUT2D eigenvalue weighted by atomic mass is 35.5. The van der Waals surface area contributed by atoms with Gasteiger partial charge in [-0.25, -0.2) is 4.98 Å². The SMILES string of the molecule is Cc1nn(C)c2nc(-c3ccccc3)cc(C(=O)N3CCN(Cc4cccc(Cl)c4)CC3)c12. The highest BCUT2D eigenvalue weighted by molar-refractivity contribution is 6.30. The summed E-state index contributed by atoms with van der Waals surface area (Å²) in [5.41, 5.74) is 5.19. The minimum absolute atomic E-state index is 0.0399. The molecule has 0 unspecified atom stereocenters. The van der Waals surface area contributed by atoms with Crippen molar-refractivity contribution in [2.45, 2.75) is 13.5 Å². The Morgan fingerprint density at radius 2 is 1.76 bits per heavy atom. The average Bonchev–Trinajstić information content (AvgIpc) is 3.12. The lowest BCUT2D eigenvalue weighted by Crippen LogP contribution is -2.48. The lowest BCUT2D eigenvalue weighted by Gasteiger charge is -2.35. The van der Waals surface area contributed by atoms with E-state index in [2.05, 4.69) is 16.1 Å². The third-order valence-corrected chi connectivity index (χ3v) is 6.46. The van der Waals surface area contributed by atoms with Gasteiger partial charge in [0.05, 0.1) is 22.3 Å². The second-order valence-electron chi connectivity index (χ2n) is 8.53. The Morgan fingerprint density at radius 3 is 2.48 bits per heavy atom. The maximum Gasteiger partial charge on any atom is 0.254 e. The fourth-order valence-electron chi connectivity index (χ4n) is 4.54. The number of benzene rings is 2. The van der Waals surface area contributed by atoms with Gasteiger partial charge in [0, 0.05) is 50.4 Å². The molecule has 2 aromatic carbocycles. The predicted molar refractivity (Wildman–Crippen MR) is 131 cm³/mol. The first-order valence-electron chi connectivity index (χ1n) is 11.2. The summed E-state index contributed by atoms with van der Waals surface area (Å²) in [6.07, 6.45) is 0. The second kappa shape index (κ2) is 8.96. The number of pyridine rings is 1. The van der Waals surface area contributed by atoms with Crippen LogP contribution in [0.5, 0.6) is 0 Å². The standard InChI is InChI=1S/C26H26ClN5O/c1-18-24-22(16-23(20-8-4-3-5-9-20)28-25(24)30(2)29-18)26(33)32-13-11-31(12-14-32)17-19-7-6-10-21(27)15-19/h3-10,15-16H,11-14,17H2,1-2H3. The topological polar surface area (TPSA) is 54.3 Å². The zero-order chi connectivity index (χ0) is 22.9. The number of aromatic nitrogens is 3. The molecule has 0 radical (unpaired) electrons. The normalized spacial score (nSPS) is 14.7. The van der Waals surface area contributed by atoms with E-state index in [-0.39, 0.29) is 5.91 Å². The minimum Gasteiger partial charge on any atom is -0.336 e. The van der Waals surface area contributed by atoms with Crippen molar-refractivity contribution in [2.24, 2.45) is 7.05 Å². The first-order valence-corrected chi connectivity index (χ1v) is 11.5. The summed E-state index contributed by atoms with van der Waals surface area (Å²) < 4.78 is 1.76. The summed E-state index contributed by atoms with van der Waals surface area (Å²) in [7, 11) is 1.87. The molecular weight excluding hydrogens is 434 g/mol. The molecule has 0 atom stereocenters. The molecule has 5 rings (SSSR count). The van der Waals surface area contributed by atoms with Crippen molar-refractivity contribution < 1.29 is 4.79 Å². The molecule has 3 heterocycles. The van der Waals surface area contributed by atoms with Crippen LogP contribution in [0.3, 0.4) is 0 Å². The van der Waals surface area contributed by atoms with E-state index in [9.17, 15) is 4.79 Å². The van der Waals surface area contributed by atoms with Gasteiger partial charge >= 0.3 is 0 Å². The van der Waals surface area contributed by atoms with Crippen LogP contribution in [0.2, 0.25) is 5.02 Å². The largest absolute Gasteiger partial charge is 0.336 e. The van der Waals surface area contributed by atoms with Gasteiger partial charge in [-0.15, -0.1) is 0 Å². The minimum atomic E-state index is 0.0399. The van der Waals surface area contributed by atoms with Gasteiger partial charge in [0.1, 0.15) is 0 Å². The van der Waals surface area contributed by atoms with Crippen LogP contribution < -0.4 is 0 Å². The third-order valence-electron chi connectivity index (χ3n) is 6.22. The number of hydrogen-bond donors (Lipinski definition) is 0. The lowest BCUT2D eigenvalue weighted by atomic mass is 10.0. The zero-order valence-corrected chi connectivity index (χ0v) is 19.6. The lowest BCUT2D eigenvalue weighted by molar-refractivity contribution is 0.0630. The van der Waals surface area contributed by atoms with Crippen molar-refractivity contribution >= 4 is 28.5 Å². The van der Waals surface area contributed by atoms with Gasteiger partial charge in [-0.05, 0) is 30.7 Å². The third kappa shape index (κ3) is 4.36. The number of aryl methyl sites for hydroxylation is 2. The molecule has 7 heteroatoms. The summed E-state index contributed by atoms with van der Waals surface area (Å²) in [4.78, 5) is 22.8. The molecule has 4 aromatic rings. The molecule has 0 saturated carbocycles. The van der Waals surface area contributed by atoms with E-state index in [1.807, 2.05) is 73.5 Å². The van der Waals surface area contributed by atoms with Crippen LogP contribution in [-0.2, 0) is 13.6 Å². The average molecular weight is 460 g/mol. The highest BCUT2D eigenvalue weighted by Crippen LogP contribution is 2.28. The number of nitrogens with zero attached hydrogens (tertiary/aromatic N) is 5. The number of hydrogen-bond acceptors (Lipinski definition) is 4. The number of amides is 1. The van der Waals surface area contributed by atoms with Crippen LogP contribution in [0.25, 0.3) is 22.3 Å². The van der Waals surface area contributed by atoms with Crippen LogP contribution in [0.15, 0.2) is 60.7 Å². The molecule has 0 N–H and O–H groups in total. The van der Waals surface area contributed by atoms with E-state index in [1.54, 1.807) is 4.68 Å². The van der Waals surface area contributed by atoms with Gasteiger partial charge in [-0.3, -0.25) is 14.4 Å². The Labute approximate surface area is 198 Å². The van der Waals surface area contributed by atoms with E-state index in [1.165, 1.54) is 5.56 Å². The van der Waals surface area contributed by atoms with Crippen LogP contribution in [0.4, 0.5) is 0 Å². The number of carbonyl (C=O) groups excluding carboxylic acids is 1. The van der Waals surface area contributed by atoms with Gasteiger partial charge in [0.2, 0.25) is 0 Å². The number of carbonyl (C=O) groups is 1. The maximum absolute atomic E-state index is 13.7. The molecular formula is C26H26ClN5O. The molecule has 168 valence electrons. The van der Waals surface area contributed by atoms with Crippen molar-refractivity contribution in [3.8, 4) is 11.3 Å². The molecule has 0 bridgehead atoms. The molecule has 1 amide bonds. The van der Waals surface area contributed by atoms with E-state index in [0.29, 0.717) is 18.7 Å². The van der Waals surface area contributed by atoms with Gasteiger partial charge in [-0.2, -0.15) is 5.10 Å². The molecule has 33 heavy (non-hydrogen) atoms. The zero-order valence-electron chi connectivity index (χ0n) is 18.8. The van der Waals surface area contributed by atoms with Gasteiger partial charge in [0.15, 0.2) is 5.65 Å². The smallest absolute Gasteiger partial charge is 0.254 e. The number of piperazine rings is 1. The Balaban J connectivity index is 1.40. The highest BCUT2D eigenvalue weighted by Gasteiger charge is 2.26. The molecule has 0 aliphatic carbocycles. The Hall–Kier alpha value is -3.22. The summed E-state index contributed by atoms with van der Waals surface area (Å²) >= 11 is 6.13. The Morgan fingerprint density at radius 1 is 1.00 bits per heavy atom. The molecule has 2 aromatic heterocycles. The van der Waals surface area contributed by atoms with Crippen LogP contribution in [0, 0.1) is 6.92 Å². The number of halogens is 1. The second-order valence-corrected chi connectivity index (χ2v) is 8.96. The summed E-state index contributed by atoms with van der Waals surface area (Å²) in [5.74, 6) is 0.0399. The molecule has 1 saturated heterocycles. The molecule has 1 aliphatic rings. The fourth-order valence-corrected chi connectivity index (χ4v) is 4.76. The van der Waals surface area contributed by atoms with E-state index in [0.717, 1.165) is 52.6 Å². The van der Waals surface area contributed by atoms with E-state index in [4.69, 9.17) is 16.6 Å². The van der Waals surface area contributed by atoms with E-state index >= 15 is 0 Å². The summed E-state index contributed by atoms with van der Waals surface area (Å²) in [6.45, 7) is 5.79. The summed E-state index contributed by atoms with van der Waals surface area (Å²) in [6, 6.07) is 19.9. The van der Waals surface area contributed by atoms with Gasteiger partial charge in [0.25, 0.3) is 5.91 Å². The maximum atomic E-state index is 13.7. The van der Waals surface area contributed by atoms with Crippen molar-refractivity contribution in [3.05, 3.63) is 82.5 Å². The van der Waals surface area contributed by atoms with Gasteiger partial charge in [-0.1, -0.05) is 54.1 Å². The predicted octanol–water partition coefficient (Wildman–Crippen LogP) is 4.56. The monoisotopic (exact) mass is 459 g/mol. The fraction of sp³-hybridized carbons (Fsp3) is 0.269. The summed E-state index contributed by atoms with van der Waals surface area (Å²) in [5, 5.41) is 6.13. The van der Waals surface area contributed by atoms with Gasteiger partial charge < -0.3 is 4.90 Å². The number of fused-ring (bicyclic) bond motifs is 1. The van der Waals surface area contributed by atoms with Crippen molar-refractivity contribution in [1.29, 1.82) is 0 Å². The Kier molecular flexibility index (Phi) is 5.87. The molecule has 1 aliphatic heterocycles. The Bertz CT molecular complexity index is 1310. The molecule has 6 nitrogen and oxygen atoms in total. The van der Waals surface area contributed by atoms with Crippen LogP contribution in [-0.4, -0.2) is 56.7 Å². The van der Waals surface area contributed by atoms with Crippen molar-refractivity contribution in [2.75, 3.05) is 26.2 Å².